The first-order valence-corrected chi connectivity index (χ1v) is 10.4. The molecule has 1 heterocycles. The van der Waals surface area contributed by atoms with Crippen molar-refractivity contribution in [3.63, 3.8) is 0 Å². The average Bonchev–Trinajstić information content (AvgIpc) is 2.59. The van der Waals surface area contributed by atoms with Crippen molar-refractivity contribution in [2.75, 3.05) is 32.8 Å². The summed E-state index contributed by atoms with van der Waals surface area (Å²) in [5.74, 6) is -1.33. The minimum absolute atomic E-state index is 0.0318. The second-order valence-corrected chi connectivity index (χ2v) is 8.72. The van der Waals surface area contributed by atoms with Gasteiger partial charge >= 0.3 is 5.97 Å². The number of hydrogen-bond acceptors (Lipinski definition) is 6. The zero-order valence-corrected chi connectivity index (χ0v) is 17.2. The van der Waals surface area contributed by atoms with E-state index in [-0.39, 0.29) is 59.5 Å². The summed E-state index contributed by atoms with van der Waals surface area (Å²) in [5, 5.41) is 2.23. The fourth-order valence-electron chi connectivity index (χ4n) is 2.38. The SMILES string of the molecule is CC(C)OC(=O)CNC(=O)c1cc(S(=O)(=O)N2CCOCC2)c(Cl)cc1Cl. The minimum atomic E-state index is -3.92. The fourth-order valence-corrected chi connectivity index (χ4v) is 4.62. The van der Waals surface area contributed by atoms with Crippen LogP contribution in [0.4, 0.5) is 0 Å². The first-order chi connectivity index (χ1) is 12.6. The van der Waals surface area contributed by atoms with Crippen LogP contribution in [0.5, 0.6) is 0 Å². The summed E-state index contributed by atoms with van der Waals surface area (Å²) in [5.41, 5.74) is -0.106. The number of ether oxygens (including phenoxy) is 2. The smallest absolute Gasteiger partial charge is 0.325 e. The van der Waals surface area contributed by atoms with Gasteiger partial charge in [0.2, 0.25) is 10.0 Å². The summed E-state index contributed by atoms with van der Waals surface area (Å²) >= 11 is 12.1. The van der Waals surface area contributed by atoms with Crippen molar-refractivity contribution in [3.05, 3.63) is 27.7 Å². The lowest BCUT2D eigenvalue weighted by Crippen LogP contribution is -2.40. The molecule has 1 aromatic carbocycles. The number of halogens is 2. The van der Waals surface area contributed by atoms with E-state index in [4.69, 9.17) is 32.7 Å². The Morgan fingerprint density at radius 1 is 1.22 bits per heavy atom. The van der Waals surface area contributed by atoms with Gasteiger partial charge in [-0.1, -0.05) is 23.2 Å². The van der Waals surface area contributed by atoms with E-state index in [2.05, 4.69) is 5.32 Å². The fraction of sp³-hybridized carbons (Fsp3) is 0.500. The van der Waals surface area contributed by atoms with E-state index in [9.17, 15) is 18.0 Å². The van der Waals surface area contributed by atoms with Crippen LogP contribution < -0.4 is 5.32 Å². The van der Waals surface area contributed by atoms with E-state index in [1.165, 1.54) is 10.4 Å². The highest BCUT2D eigenvalue weighted by Gasteiger charge is 2.30. The summed E-state index contributed by atoms with van der Waals surface area (Å²) in [6.07, 6.45) is -0.321. The Morgan fingerprint density at radius 2 is 1.85 bits per heavy atom. The van der Waals surface area contributed by atoms with E-state index < -0.39 is 21.9 Å². The van der Waals surface area contributed by atoms with Crippen molar-refractivity contribution in [3.8, 4) is 0 Å². The van der Waals surface area contributed by atoms with Crippen LogP contribution in [0.25, 0.3) is 0 Å². The molecule has 1 aromatic rings. The monoisotopic (exact) mass is 438 g/mol. The molecule has 8 nitrogen and oxygen atoms in total. The Morgan fingerprint density at radius 3 is 2.44 bits per heavy atom. The maximum Gasteiger partial charge on any atom is 0.325 e. The third-order valence-corrected chi connectivity index (χ3v) is 6.29. The highest BCUT2D eigenvalue weighted by Crippen LogP contribution is 2.31. The Balaban J connectivity index is 2.24. The molecule has 1 saturated heterocycles. The predicted octanol–water partition coefficient (Wildman–Crippen LogP) is 1.70. The number of nitrogens with one attached hydrogen (secondary N) is 1. The molecule has 27 heavy (non-hydrogen) atoms. The van der Waals surface area contributed by atoms with Crippen LogP contribution in [0, 0.1) is 0 Å². The summed E-state index contributed by atoms with van der Waals surface area (Å²) in [7, 11) is -3.92. The molecule has 1 N–H and O–H groups in total. The first kappa shape index (κ1) is 21.9. The number of esters is 1. The summed E-state index contributed by atoms with van der Waals surface area (Å²) in [6.45, 7) is 3.90. The van der Waals surface area contributed by atoms with Crippen molar-refractivity contribution in [1.82, 2.24) is 9.62 Å². The standard InChI is InChI=1S/C16H20Cl2N2O6S/c1-10(2)26-15(21)9-19-16(22)11-7-14(13(18)8-12(11)17)27(23,24)20-3-5-25-6-4-20/h7-8,10H,3-6,9H2,1-2H3,(H,19,22). The molecule has 0 radical (unpaired) electrons. The number of benzene rings is 1. The second-order valence-electron chi connectivity index (χ2n) is 6.00. The highest BCUT2D eigenvalue weighted by atomic mass is 35.5. The Labute approximate surface area is 167 Å². The molecule has 0 unspecified atom stereocenters. The quantitative estimate of drug-likeness (QED) is 0.677. The number of amides is 1. The van der Waals surface area contributed by atoms with Gasteiger partial charge in [0.1, 0.15) is 11.4 Å². The second kappa shape index (κ2) is 9.20. The molecular formula is C16H20Cl2N2O6S. The number of sulfonamides is 1. The molecule has 0 aliphatic carbocycles. The van der Waals surface area contributed by atoms with Crippen LogP contribution >= 0.6 is 23.2 Å². The van der Waals surface area contributed by atoms with Gasteiger partial charge in [-0.2, -0.15) is 4.31 Å². The predicted molar refractivity (Wildman–Crippen MR) is 99.6 cm³/mol. The zero-order valence-electron chi connectivity index (χ0n) is 14.8. The average molecular weight is 439 g/mol. The van der Waals surface area contributed by atoms with Crippen LogP contribution in [-0.4, -0.2) is 63.6 Å². The van der Waals surface area contributed by atoms with Crippen molar-refractivity contribution < 1.29 is 27.5 Å². The summed E-state index contributed by atoms with van der Waals surface area (Å²) in [6, 6.07) is 2.30. The van der Waals surface area contributed by atoms with Gasteiger partial charge in [-0.05, 0) is 26.0 Å². The van der Waals surface area contributed by atoms with Gasteiger partial charge in [0.05, 0.1) is 34.9 Å². The zero-order chi connectivity index (χ0) is 20.2. The molecule has 1 fully saturated rings. The molecule has 0 saturated carbocycles. The maximum absolute atomic E-state index is 12.8. The molecule has 1 aliphatic rings. The van der Waals surface area contributed by atoms with E-state index in [0.29, 0.717) is 0 Å². The summed E-state index contributed by atoms with van der Waals surface area (Å²) in [4.78, 5) is 23.7. The van der Waals surface area contributed by atoms with Gasteiger partial charge in [-0.3, -0.25) is 9.59 Å². The molecule has 0 spiro atoms. The lowest BCUT2D eigenvalue weighted by Gasteiger charge is -2.26. The maximum atomic E-state index is 12.8. The largest absolute Gasteiger partial charge is 0.462 e. The molecule has 2 rings (SSSR count). The summed E-state index contributed by atoms with van der Waals surface area (Å²) < 4.78 is 36.9. The van der Waals surface area contributed by atoms with Crippen molar-refractivity contribution >= 4 is 45.1 Å². The van der Waals surface area contributed by atoms with Gasteiger partial charge < -0.3 is 14.8 Å². The van der Waals surface area contributed by atoms with Gasteiger partial charge in [0.25, 0.3) is 5.91 Å². The molecule has 0 aromatic heterocycles. The topological polar surface area (TPSA) is 102 Å². The molecule has 0 atom stereocenters. The lowest BCUT2D eigenvalue weighted by atomic mass is 10.2. The number of rotatable bonds is 6. The lowest BCUT2D eigenvalue weighted by molar-refractivity contribution is -0.146. The van der Waals surface area contributed by atoms with E-state index in [1.807, 2.05) is 0 Å². The Hall–Kier alpha value is -1.39. The Kier molecular flexibility index (Phi) is 7.47. The van der Waals surface area contributed by atoms with Crippen molar-refractivity contribution in [2.45, 2.75) is 24.8 Å². The van der Waals surface area contributed by atoms with Gasteiger partial charge in [0, 0.05) is 13.1 Å². The van der Waals surface area contributed by atoms with Gasteiger partial charge in [-0.25, -0.2) is 8.42 Å². The molecule has 0 bridgehead atoms. The van der Waals surface area contributed by atoms with Crippen molar-refractivity contribution in [1.29, 1.82) is 0 Å². The normalized spacial score (nSPS) is 15.6. The highest BCUT2D eigenvalue weighted by molar-refractivity contribution is 7.89. The number of carbonyl (C=O) groups excluding carboxylic acids is 2. The number of nitrogens with zero attached hydrogens (tertiary/aromatic N) is 1. The van der Waals surface area contributed by atoms with Crippen LogP contribution in [0.1, 0.15) is 24.2 Å². The molecule has 150 valence electrons. The minimum Gasteiger partial charge on any atom is -0.462 e. The van der Waals surface area contributed by atoms with Crippen molar-refractivity contribution in [2.24, 2.45) is 0 Å². The van der Waals surface area contributed by atoms with E-state index in [1.54, 1.807) is 13.8 Å². The molecule has 1 aliphatic heterocycles. The third kappa shape index (κ3) is 5.55. The van der Waals surface area contributed by atoms with E-state index >= 15 is 0 Å². The molecule has 11 heteroatoms. The van der Waals surface area contributed by atoms with E-state index in [0.717, 1.165) is 6.07 Å². The van der Waals surface area contributed by atoms with Gasteiger partial charge in [0.15, 0.2) is 0 Å². The van der Waals surface area contributed by atoms with Crippen LogP contribution in [0.3, 0.4) is 0 Å². The number of carbonyl (C=O) groups is 2. The van der Waals surface area contributed by atoms with Crippen LogP contribution in [0.2, 0.25) is 10.0 Å². The van der Waals surface area contributed by atoms with Crippen LogP contribution in [0.15, 0.2) is 17.0 Å². The first-order valence-electron chi connectivity index (χ1n) is 8.17. The number of hydrogen-bond donors (Lipinski definition) is 1. The van der Waals surface area contributed by atoms with Gasteiger partial charge in [-0.15, -0.1) is 0 Å². The molecular weight excluding hydrogens is 419 g/mol. The Bertz CT molecular complexity index is 822. The molecule has 1 amide bonds. The third-order valence-electron chi connectivity index (χ3n) is 3.61. The van der Waals surface area contributed by atoms with Crippen LogP contribution in [-0.2, 0) is 24.3 Å². The number of morpholine rings is 1.